The van der Waals surface area contributed by atoms with Crippen LogP contribution in [-0.2, 0) is 13.6 Å². The standard InChI is InChI=1S/C13H15ClFN3/c1-8-4-5-10(6-12(8)15)16-7-11-9(2)17-18(3)13(11)14/h4-6,16H,7H2,1-3H3. The van der Waals surface area contributed by atoms with E-state index in [-0.39, 0.29) is 5.82 Å². The molecule has 1 heterocycles. The highest BCUT2D eigenvalue weighted by molar-refractivity contribution is 6.30. The van der Waals surface area contributed by atoms with Gasteiger partial charge in [0.25, 0.3) is 0 Å². The summed E-state index contributed by atoms with van der Waals surface area (Å²) in [5.41, 5.74) is 3.18. The van der Waals surface area contributed by atoms with Crippen LogP contribution >= 0.6 is 11.6 Å². The molecule has 2 aromatic rings. The van der Waals surface area contributed by atoms with Gasteiger partial charge in [0, 0.05) is 24.8 Å². The molecular weight excluding hydrogens is 253 g/mol. The third-order valence-corrected chi connectivity index (χ3v) is 3.38. The van der Waals surface area contributed by atoms with Crippen molar-refractivity contribution in [2.24, 2.45) is 7.05 Å². The smallest absolute Gasteiger partial charge is 0.131 e. The molecule has 0 saturated heterocycles. The molecule has 0 saturated carbocycles. The van der Waals surface area contributed by atoms with Crippen LogP contribution in [0.2, 0.25) is 5.15 Å². The summed E-state index contributed by atoms with van der Waals surface area (Å²) in [6.07, 6.45) is 0. The fourth-order valence-electron chi connectivity index (χ4n) is 1.77. The number of hydrogen-bond donors (Lipinski definition) is 1. The van der Waals surface area contributed by atoms with Crippen molar-refractivity contribution in [3.63, 3.8) is 0 Å². The van der Waals surface area contributed by atoms with Crippen molar-refractivity contribution in [2.45, 2.75) is 20.4 Å². The van der Waals surface area contributed by atoms with E-state index in [1.165, 1.54) is 6.07 Å². The third-order valence-electron chi connectivity index (χ3n) is 2.91. The first kappa shape index (κ1) is 12.9. The molecule has 2 rings (SSSR count). The summed E-state index contributed by atoms with van der Waals surface area (Å²) in [5, 5.41) is 7.98. The van der Waals surface area contributed by atoms with Gasteiger partial charge in [-0.05, 0) is 31.5 Å². The van der Waals surface area contributed by atoms with Crippen LogP contribution in [0.5, 0.6) is 0 Å². The van der Waals surface area contributed by atoms with Gasteiger partial charge in [-0.3, -0.25) is 4.68 Å². The number of halogens is 2. The summed E-state index contributed by atoms with van der Waals surface area (Å²) in [7, 11) is 1.80. The number of benzene rings is 1. The van der Waals surface area contributed by atoms with Gasteiger partial charge in [0.05, 0.1) is 5.69 Å². The lowest BCUT2D eigenvalue weighted by molar-refractivity contribution is 0.619. The maximum Gasteiger partial charge on any atom is 0.131 e. The molecule has 0 spiro atoms. The van der Waals surface area contributed by atoms with Crippen molar-refractivity contribution in [1.29, 1.82) is 0 Å². The quantitative estimate of drug-likeness (QED) is 0.923. The second-order valence-electron chi connectivity index (χ2n) is 4.30. The second-order valence-corrected chi connectivity index (χ2v) is 4.65. The van der Waals surface area contributed by atoms with Crippen LogP contribution < -0.4 is 5.32 Å². The molecule has 0 aliphatic rings. The Morgan fingerprint density at radius 3 is 2.67 bits per heavy atom. The van der Waals surface area contributed by atoms with Gasteiger partial charge in [-0.2, -0.15) is 5.10 Å². The summed E-state index contributed by atoms with van der Waals surface area (Å²) in [5.74, 6) is -0.214. The fourth-order valence-corrected chi connectivity index (χ4v) is 2.01. The molecule has 0 bridgehead atoms. The van der Waals surface area contributed by atoms with Crippen molar-refractivity contribution in [3.8, 4) is 0 Å². The number of anilines is 1. The normalized spacial score (nSPS) is 10.7. The minimum Gasteiger partial charge on any atom is -0.381 e. The SMILES string of the molecule is Cc1ccc(NCc2c(C)nn(C)c2Cl)cc1F. The van der Waals surface area contributed by atoms with Gasteiger partial charge in [0.2, 0.25) is 0 Å². The van der Waals surface area contributed by atoms with Crippen LogP contribution in [0.3, 0.4) is 0 Å². The Balaban J connectivity index is 2.14. The Kier molecular flexibility index (Phi) is 3.57. The Morgan fingerprint density at radius 1 is 1.39 bits per heavy atom. The van der Waals surface area contributed by atoms with Gasteiger partial charge < -0.3 is 5.32 Å². The number of nitrogens with one attached hydrogen (secondary N) is 1. The van der Waals surface area contributed by atoms with E-state index in [4.69, 9.17) is 11.6 Å². The van der Waals surface area contributed by atoms with Gasteiger partial charge in [-0.1, -0.05) is 17.7 Å². The van der Waals surface area contributed by atoms with Gasteiger partial charge in [-0.25, -0.2) is 4.39 Å². The number of hydrogen-bond acceptors (Lipinski definition) is 2. The molecule has 18 heavy (non-hydrogen) atoms. The largest absolute Gasteiger partial charge is 0.381 e. The Morgan fingerprint density at radius 2 is 2.11 bits per heavy atom. The van der Waals surface area contributed by atoms with Gasteiger partial charge in [-0.15, -0.1) is 0 Å². The predicted molar refractivity (Wildman–Crippen MR) is 71.4 cm³/mol. The van der Waals surface area contributed by atoms with E-state index in [0.29, 0.717) is 17.3 Å². The van der Waals surface area contributed by atoms with E-state index < -0.39 is 0 Å². The molecule has 3 nitrogen and oxygen atoms in total. The average Bonchev–Trinajstić information content (AvgIpc) is 2.56. The average molecular weight is 268 g/mol. The van der Waals surface area contributed by atoms with Crippen LogP contribution in [0.4, 0.5) is 10.1 Å². The molecular formula is C13H15ClFN3. The van der Waals surface area contributed by atoms with E-state index in [9.17, 15) is 4.39 Å². The Hall–Kier alpha value is -1.55. The first-order chi connectivity index (χ1) is 8.49. The summed E-state index contributed by atoms with van der Waals surface area (Å²) in [6, 6.07) is 5.07. The highest BCUT2D eigenvalue weighted by atomic mass is 35.5. The molecule has 0 fully saturated rings. The van der Waals surface area contributed by atoms with Crippen LogP contribution in [0, 0.1) is 19.7 Å². The Labute approximate surface area is 111 Å². The van der Waals surface area contributed by atoms with Crippen molar-refractivity contribution in [1.82, 2.24) is 9.78 Å². The van der Waals surface area contributed by atoms with Gasteiger partial charge >= 0.3 is 0 Å². The highest BCUT2D eigenvalue weighted by Gasteiger charge is 2.10. The molecule has 0 amide bonds. The van der Waals surface area contributed by atoms with Crippen molar-refractivity contribution in [3.05, 3.63) is 46.0 Å². The molecule has 1 N–H and O–H groups in total. The molecule has 0 atom stereocenters. The van der Waals surface area contributed by atoms with E-state index in [1.807, 2.05) is 13.0 Å². The van der Waals surface area contributed by atoms with Crippen molar-refractivity contribution in [2.75, 3.05) is 5.32 Å². The maximum absolute atomic E-state index is 13.4. The molecule has 1 aromatic heterocycles. The zero-order chi connectivity index (χ0) is 13.3. The molecule has 0 unspecified atom stereocenters. The monoisotopic (exact) mass is 267 g/mol. The molecule has 5 heteroatoms. The fraction of sp³-hybridized carbons (Fsp3) is 0.308. The maximum atomic E-state index is 13.4. The van der Waals surface area contributed by atoms with Crippen LogP contribution in [-0.4, -0.2) is 9.78 Å². The van der Waals surface area contributed by atoms with E-state index in [1.54, 1.807) is 24.7 Å². The molecule has 0 aliphatic carbocycles. The van der Waals surface area contributed by atoms with Gasteiger partial charge in [0.15, 0.2) is 0 Å². The lowest BCUT2D eigenvalue weighted by Gasteiger charge is -2.07. The lowest BCUT2D eigenvalue weighted by atomic mass is 10.2. The topological polar surface area (TPSA) is 29.9 Å². The van der Waals surface area contributed by atoms with Crippen molar-refractivity contribution < 1.29 is 4.39 Å². The van der Waals surface area contributed by atoms with Crippen molar-refractivity contribution >= 4 is 17.3 Å². The number of aromatic nitrogens is 2. The van der Waals surface area contributed by atoms with Crippen LogP contribution in [0.1, 0.15) is 16.8 Å². The third kappa shape index (κ3) is 2.48. The summed E-state index contributed by atoms with van der Waals surface area (Å²) in [4.78, 5) is 0. The summed E-state index contributed by atoms with van der Waals surface area (Å²) >= 11 is 6.12. The molecule has 0 radical (unpaired) electrons. The summed E-state index contributed by atoms with van der Waals surface area (Å²) < 4.78 is 15.0. The number of nitrogens with zero attached hydrogens (tertiary/aromatic N) is 2. The number of rotatable bonds is 3. The minimum absolute atomic E-state index is 0.214. The van der Waals surface area contributed by atoms with Gasteiger partial charge in [0.1, 0.15) is 11.0 Å². The highest BCUT2D eigenvalue weighted by Crippen LogP contribution is 2.21. The van der Waals surface area contributed by atoms with Crippen LogP contribution in [0.15, 0.2) is 18.2 Å². The summed E-state index contributed by atoms with van der Waals surface area (Å²) in [6.45, 7) is 4.17. The van der Waals surface area contributed by atoms with Crippen LogP contribution in [0.25, 0.3) is 0 Å². The first-order valence-corrected chi connectivity index (χ1v) is 6.05. The molecule has 0 aliphatic heterocycles. The zero-order valence-electron chi connectivity index (χ0n) is 10.6. The minimum atomic E-state index is -0.214. The number of aryl methyl sites for hydroxylation is 3. The zero-order valence-corrected chi connectivity index (χ0v) is 11.3. The van der Waals surface area contributed by atoms with E-state index >= 15 is 0 Å². The Bertz CT molecular complexity index is 578. The lowest BCUT2D eigenvalue weighted by Crippen LogP contribution is -2.01. The molecule has 1 aromatic carbocycles. The van der Waals surface area contributed by atoms with E-state index in [2.05, 4.69) is 10.4 Å². The second kappa shape index (κ2) is 4.98. The van der Waals surface area contributed by atoms with E-state index in [0.717, 1.165) is 16.9 Å². The first-order valence-electron chi connectivity index (χ1n) is 5.67. The predicted octanol–water partition coefficient (Wildman–Crippen LogP) is 3.44. The molecule has 96 valence electrons.